The lowest BCUT2D eigenvalue weighted by molar-refractivity contribution is 0.0748. The zero-order valence-corrected chi connectivity index (χ0v) is 14.6. The average Bonchev–Trinajstić information content (AvgIpc) is 3.24. The van der Waals surface area contributed by atoms with Crippen LogP contribution in [-0.4, -0.2) is 45.9 Å². The first kappa shape index (κ1) is 15.6. The normalized spacial score (nSPS) is 22.5. The molecule has 2 fully saturated rings. The topological polar surface area (TPSA) is 61.0 Å². The Morgan fingerprint density at radius 1 is 1.04 bits per heavy atom. The lowest BCUT2D eigenvalue weighted by Gasteiger charge is -2.24. The van der Waals surface area contributed by atoms with Crippen LogP contribution in [0.25, 0.3) is 22.4 Å². The lowest BCUT2D eigenvalue weighted by Crippen LogP contribution is -2.39. The fraction of sp³-hybridized carbons (Fsp3) is 0.333. The Hall–Kier alpha value is -2.66. The third-order valence-corrected chi connectivity index (χ3v) is 5.58. The monoisotopic (exact) mass is 346 g/mol. The Morgan fingerprint density at radius 2 is 1.92 bits per heavy atom. The zero-order chi connectivity index (χ0) is 17.5. The van der Waals surface area contributed by atoms with Crippen LogP contribution in [0.4, 0.5) is 0 Å². The maximum Gasteiger partial charge on any atom is 0.253 e. The van der Waals surface area contributed by atoms with Crippen LogP contribution in [0.1, 0.15) is 29.6 Å². The minimum atomic E-state index is 0.123. The highest BCUT2D eigenvalue weighted by Crippen LogP contribution is 2.24. The van der Waals surface area contributed by atoms with Gasteiger partial charge in [-0.15, -0.1) is 0 Å². The number of H-pyrrole nitrogens is 1. The molecule has 0 spiro atoms. The molecule has 2 aliphatic heterocycles. The Bertz CT molecular complexity index is 930. The van der Waals surface area contributed by atoms with Gasteiger partial charge in [0.1, 0.15) is 5.82 Å². The summed E-state index contributed by atoms with van der Waals surface area (Å²) in [4.78, 5) is 23.1. The summed E-state index contributed by atoms with van der Waals surface area (Å²) >= 11 is 0. The summed E-state index contributed by atoms with van der Waals surface area (Å²) < 4.78 is 0. The molecule has 3 heterocycles. The Morgan fingerprint density at radius 3 is 2.85 bits per heavy atom. The number of amides is 1. The number of aromatic nitrogens is 2. The van der Waals surface area contributed by atoms with E-state index in [0.29, 0.717) is 12.1 Å². The molecule has 0 aliphatic carbocycles. The van der Waals surface area contributed by atoms with Gasteiger partial charge in [0.05, 0.1) is 11.0 Å². The van der Waals surface area contributed by atoms with Crippen molar-refractivity contribution in [3.05, 3.63) is 54.1 Å². The van der Waals surface area contributed by atoms with Gasteiger partial charge < -0.3 is 15.2 Å². The predicted octanol–water partition coefficient (Wildman–Crippen LogP) is 3.20. The molecule has 5 heteroatoms. The number of imidazole rings is 1. The van der Waals surface area contributed by atoms with Crippen molar-refractivity contribution in [1.29, 1.82) is 0 Å². The molecule has 2 saturated heterocycles. The van der Waals surface area contributed by atoms with Crippen LogP contribution in [0.15, 0.2) is 48.5 Å². The summed E-state index contributed by atoms with van der Waals surface area (Å²) in [5, 5.41) is 3.63. The van der Waals surface area contributed by atoms with Crippen LogP contribution in [0.2, 0.25) is 0 Å². The van der Waals surface area contributed by atoms with E-state index in [1.165, 1.54) is 12.8 Å². The van der Waals surface area contributed by atoms with Crippen molar-refractivity contribution < 1.29 is 4.79 Å². The summed E-state index contributed by atoms with van der Waals surface area (Å²) in [7, 11) is 0. The number of nitrogens with zero attached hydrogens (tertiary/aromatic N) is 2. The minimum Gasteiger partial charge on any atom is -0.338 e. The third kappa shape index (κ3) is 2.78. The SMILES string of the molecule is O=C(c1cccc(-c2nc3ccccc3[nH]2)c1)N1CC[C@H]2CC[C@@H](C1)N2. The molecule has 132 valence electrons. The van der Waals surface area contributed by atoms with Crippen LogP contribution in [0, 0.1) is 0 Å². The second kappa shape index (κ2) is 6.25. The number of benzene rings is 2. The van der Waals surface area contributed by atoms with Crippen molar-refractivity contribution in [3.8, 4) is 11.4 Å². The summed E-state index contributed by atoms with van der Waals surface area (Å²) in [6.45, 7) is 1.64. The smallest absolute Gasteiger partial charge is 0.253 e. The van der Waals surface area contributed by atoms with Gasteiger partial charge in [-0.1, -0.05) is 24.3 Å². The van der Waals surface area contributed by atoms with Gasteiger partial charge in [-0.2, -0.15) is 0 Å². The number of hydrogen-bond acceptors (Lipinski definition) is 3. The van der Waals surface area contributed by atoms with Gasteiger partial charge in [0.2, 0.25) is 0 Å². The number of carbonyl (C=O) groups excluding carboxylic acids is 1. The van der Waals surface area contributed by atoms with Crippen LogP contribution >= 0.6 is 0 Å². The molecule has 2 aliphatic rings. The molecule has 26 heavy (non-hydrogen) atoms. The lowest BCUT2D eigenvalue weighted by atomic mass is 10.1. The Balaban J connectivity index is 1.43. The number of hydrogen-bond donors (Lipinski definition) is 2. The van der Waals surface area contributed by atoms with Crippen LogP contribution < -0.4 is 5.32 Å². The van der Waals surface area contributed by atoms with Gasteiger partial charge in [0.15, 0.2) is 0 Å². The molecule has 1 aromatic heterocycles. The molecular weight excluding hydrogens is 324 g/mol. The second-order valence-electron chi connectivity index (χ2n) is 7.36. The van der Waals surface area contributed by atoms with E-state index in [4.69, 9.17) is 0 Å². The summed E-state index contributed by atoms with van der Waals surface area (Å²) in [6.07, 6.45) is 3.47. The summed E-state index contributed by atoms with van der Waals surface area (Å²) in [5.74, 6) is 0.926. The van der Waals surface area contributed by atoms with Gasteiger partial charge in [0, 0.05) is 36.3 Å². The number of nitrogens with one attached hydrogen (secondary N) is 2. The van der Waals surface area contributed by atoms with E-state index >= 15 is 0 Å². The zero-order valence-electron chi connectivity index (χ0n) is 14.6. The van der Waals surface area contributed by atoms with Crippen molar-refractivity contribution >= 4 is 16.9 Å². The summed E-state index contributed by atoms with van der Waals surface area (Å²) in [6, 6.07) is 16.8. The molecule has 0 saturated carbocycles. The van der Waals surface area contributed by atoms with Crippen LogP contribution in [0.3, 0.4) is 0 Å². The predicted molar refractivity (Wildman–Crippen MR) is 102 cm³/mol. The first-order chi connectivity index (χ1) is 12.8. The Kier molecular flexibility index (Phi) is 3.75. The number of para-hydroxylation sites is 2. The van der Waals surface area contributed by atoms with Crippen LogP contribution in [0.5, 0.6) is 0 Å². The van der Waals surface area contributed by atoms with E-state index < -0.39 is 0 Å². The van der Waals surface area contributed by atoms with E-state index in [1.807, 2.05) is 53.4 Å². The van der Waals surface area contributed by atoms with Gasteiger partial charge >= 0.3 is 0 Å². The van der Waals surface area contributed by atoms with Crippen molar-refractivity contribution in [2.45, 2.75) is 31.3 Å². The molecule has 1 amide bonds. The molecule has 5 nitrogen and oxygen atoms in total. The highest BCUT2D eigenvalue weighted by molar-refractivity contribution is 5.95. The maximum atomic E-state index is 13.1. The van der Waals surface area contributed by atoms with E-state index in [0.717, 1.165) is 47.5 Å². The molecule has 0 unspecified atom stereocenters. The first-order valence-electron chi connectivity index (χ1n) is 9.37. The molecule has 2 N–H and O–H groups in total. The van der Waals surface area contributed by atoms with E-state index in [-0.39, 0.29) is 5.91 Å². The number of rotatable bonds is 2. The molecule has 2 bridgehead atoms. The quantitative estimate of drug-likeness (QED) is 0.749. The number of aromatic amines is 1. The molecule has 5 rings (SSSR count). The standard InChI is InChI=1S/C21H22N4O/c26-21(25-11-10-16-8-9-17(13-25)22-16)15-5-3-4-14(12-15)20-23-18-6-1-2-7-19(18)24-20/h1-7,12,16-17,22H,8-11,13H2,(H,23,24)/t16-,17+/m1/s1. The van der Waals surface area contributed by atoms with Gasteiger partial charge in [-0.25, -0.2) is 4.98 Å². The van der Waals surface area contributed by atoms with Crippen molar-refractivity contribution in [3.63, 3.8) is 0 Å². The maximum absolute atomic E-state index is 13.1. The minimum absolute atomic E-state index is 0.123. The first-order valence-corrected chi connectivity index (χ1v) is 9.37. The number of likely N-dealkylation sites (tertiary alicyclic amines) is 1. The number of fused-ring (bicyclic) bond motifs is 3. The highest BCUT2D eigenvalue weighted by atomic mass is 16.2. The molecular formula is C21H22N4O. The van der Waals surface area contributed by atoms with Crippen molar-refractivity contribution in [1.82, 2.24) is 20.2 Å². The molecule has 3 aromatic rings. The molecule has 0 radical (unpaired) electrons. The fourth-order valence-electron chi connectivity index (χ4n) is 4.20. The molecule has 2 aromatic carbocycles. The average molecular weight is 346 g/mol. The highest BCUT2D eigenvalue weighted by Gasteiger charge is 2.31. The van der Waals surface area contributed by atoms with Gasteiger partial charge in [-0.05, 0) is 43.5 Å². The summed E-state index contributed by atoms with van der Waals surface area (Å²) in [5.41, 5.74) is 3.63. The van der Waals surface area contributed by atoms with E-state index in [9.17, 15) is 4.79 Å². The third-order valence-electron chi connectivity index (χ3n) is 5.58. The van der Waals surface area contributed by atoms with Gasteiger partial charge in [-0.3, -0.25) is 4.79 Å². The van der Waals surface area contributed by atoms with Crippen molar-refractivity contribution in [2.75, 3.05) is 13.1 Å². The van der Waals surface area contributed by atoms with Gasteiger partial charge in [0.25, 0.3) is 5.91 Å². The second-order valence-corrected chi connectivity index (χ2v) is 7.36. The Labute approximate surface area is 152 Å². The number of carbonyl (C=O) groups is 1. The fourth-order valence-corrected chi connectivity index (χ4v) is 4.20. The van der Waals surface area contributed by atoms with Crippen molar-refractivity contribution in [2.24, 2.45) is 0 Å². The van der Waals surface area contributed by atoms with Crippen LogP contribution in [-0.2, 0) is 0 Å². The van der Waals surface area contributed by atoms with E-state index in [2.05, 4.69) is 15.3 Å². The largest absolute Gasteiger partial charge is 0.338 e. The molecule has 2 atom stereocenters. The van der Waals surface area contributed by atoms with E-state index in [1.54, 1.807) is 0 Å².